The summed E-state index contributed by atoms with van der Waals surface area (Å²) in [5, 5.41) is 10.9. The number of rotatable bonds is 1. The Hall–Kier alpha value is -1.33. The van der Waals surface area contributed by atoms with Gasteiger partial charge in [0.05, 0.1) is 11.5 Å². The molecule has 0 spiro atoms. The van der Waals surface area contributed by atoms with Crippen molar-refractivity contribution in [2.45, 2.75) is 19.4 Å². The summed E-state index contributed by atoms with van der Waals surface area (Å²) >= 11 is 0. The number of benzene rings is 1. The molecule has 2 rings (SSSR count). The fraction of sp³-hybridized carbons (Fsp3) is 0.400. The Morgan fingerprint density at radius 3 is 2.88 bits per heavy atom. The van der Waals surface area contributed by atoms with Gasteiger partial charge in [0.1, 0.15) is 0 Å². The quantitative estimate of drug-likeness (QED) is 0.606. The van der Waals surface area contributed by atoms with Crippen molar-refractivity contribution in [2.24, 2.45) is 5.73 Å². The van der Waals surface area contributed by atoms with Crippen molar-refractivity contribution in [3.63, 3.8) is 0 Å². The predicted octanol–water partition coefficient (Wildman–Crippen LogP) is 2.11. The normalized spacial score (nSPS) is 18.0. The SMILES string of the molecule is Cc1ccc2c(c1[N+](=O)[O-])OCC[C@H]2N.Cl. The number of nitrogens with zero attached hydrogens (tertiary/aromatic N) is 1. The minimum Gasteiger partial charge on any atom is -0.486 e. The molecular weight excluding hydrogens is 232 g/mol. The first-order valence-electron chi connectivity index (χ1n) is 4.77. The van der Waals surface area contributed by atoms with Crippen molar-refractivity contribution >= 4 is 18.1 Å². The number of ether oxygens (including phenoxy) is 1. The molecule has 1 aromatic carbocycles. The van der Waals surface area contributed by atoms with E-state index in [4.69, 9.17) is 10.5 Å². The lowest BCUT2D eigenvalue weighted by Gasteiger charge is -2.22. The highest BCUT2D eigenvalue weighted by Gasteiger charge is 2.28. The van der Waals surface area contributed by atoms with Gasteiger partial charge in [0.25, 0.3) is 0 Å². The molecule has 6 heteroatoms. The van der Waals surface area contributed by atoms with E-state index in [1.165, 1.54) is 0 Å². The van der Waals surface area contributed by atoms with Crippen LogP contribution >= 0.6 is 12.4 Å². The maximum absolute atomic E-state index is 10.9. The van der Waals surface area contributed by atoms with Gasteiger partial charge in [-0.1, -0.05) is 12.1 Å². The van der Waals surface area contributed by atoms with E-state index in [0.29, 0.717) is 24.3 Å². The molecule has 5 nitrogen and oxygen atoms in total. The van der Waals surface area contributed by atoms with Gasteiger partial charge in [0, 0.05) is 23.6 Å². The van der Waals surface area contributed by atoms with Crippen molar-refractivity contribution < 1.29 is 9.66 Å². The summed E-state index contributed by atoms with van der Waals surface area (Å²) in [4.78, 5) is 10.5. The first-order chi connectivity index (χ1) is 7.11. The molecule has 88 valence electrons. The number of fused-ring (bicyclic) bond motifs is 1. The molecule has 1 heterocycles. The molecule has 0 saturated heterocycles. The summed E-state index contributed by atoms with van der Waals surface area (Å²) in [7, 11) is 0. The number of nitro benzene ring substituents is 1. The summed E-state index contributed by atoms with van der Waals surface area (Å²) in [5.41, 5.74) is 7.25. The van der Waals surface area contributed by atoms with Gasteiger partial charge in [0.15, 0.2) is 0 Å². The zero-order chi connectivity index (χ0) is 11.0. The number of aryl methyl sites for hydroxylation is 1. The lowest BCUT2D eigenvalue weighted by Crippen LogP contribution is -2.21. The second kappa shape index (κ2) is 4.67. The zero-order valence-corrected chi connectivity index (χ0v) is 9.62. The highest BCUT2D eigenvalue weighted by Crippen LogP contribution is 2.40. The summed E-state index contributed by atoms with van der Waals surface area (Å²) in [5.74, 6) is 0.346. The highest BCUT2D eigenvalue weighted by atomic mass is 35.5. The second-order valence-electron chi connectivity index (χ2n) is 3.65. The first-order valence-corrected chi connectivity index (χ1v) is 4.77. The van der Waals surface area contributed by atoms with E-state index in [0.717, 1.165) is 5.56 Å². The summed E-state index contributed by atoms with van der Waals surface area (Å²) in [6.45, 7) is 2.14. The van der Waals surface area contributed by atoms with Gasteiger partial charge in [0.2, 0.25) is 5.75 Å². The molecule has 0 saturated carbocycles. The highest BCUT2D eigenvalue weighted by molar-refractivity contribution is 5.85. The molecule has 0 aliphatic carbocycles. The van der Waals surface area contributed by atoms with Crippen LogP contribution in [0.15, 0.2) is 12.1 Å². The van der Waals surface area contributed by atoms with E-state index < -0.39 is 4.92 Å². The molecule has 16 heavy (non-hydrogen) atoms. The molecule has 1 aliphatic rings. The van der Waals surface area contributed by atoms with Gasteiger partial charge in [-0.15, -0.1) is 12.4 Å². The number of halogens is 1. The lowest BCUT2D eigenvalue weighted by molar-refractivity contribution is -0.386. The average Bonchev–Trinajstić information content (AvgIpc) is 2.17. The van der Waals surface area contributed by atoms with Crippen molar-refractivity contribution in [3.05, 3.63) is 33.4 Å². The van der Waals surface area contributed by atoms with Crippen molar-refractivity contribution in [2.75, 3.05) is 6.61 Å². The van der Waals surface area contributed by atoms with E-state index in [2.05, 4.69) is 0 Å². The third kappa shape index (κ3) is 1.96. The Bertz CT molecular complexity index is 423. The maximum atomic E-state index is 10.9. The van der Waals surface area contributed by atoms with Gasteiger partial charge in [-0.05, 0) is 6.92 Å². The van der Waals surface area contributed by atoms with Crippen LogP contribution in [0.5, 0.6) is 5.75 Å². The van der Waals surface area contributed by atoms with Gasteiger partial charge >= 0.3 is 5.69 Å². The summed E-state index contributed by atoms with van der Waals surface area (Å²) < 4.78 is 5.35. The minimum atomic E-state index is -0.411. The molecule has 1 atom stereocenters. The van der Waals surface area contributed by atoms with Crippen LogP contribution in [0.4, 0.5) is 5.69 Å². The summed E-state index contributed by atoms with van der Waals surface area (Å²) in [6.07, 6.45) is 0.702. The third-order valence-electron chi connectivity index (χ3n) is 2.62. The Kier molecular flexibility index (Phi) is 3.72. The van der Waals surface area contributed by atoms with Gasteiger partial charge in [-0.25, -0.2) is 0 Å². The Morgan fingerprint density at radius 1 is 1.56 bits per heavy atom. The predicted molar refractivity (Wildman–Crippen MR) is 62.1 cm³/mol. The van der Waals surface area contributed by atoms with Crippen LogP contribution in [0.3, 0.4) is 0 Å². The van der Waals surface area contributed by atoms with E-state index in [9.17, 15) is 10.1 Å². The molecule has 0 fully saturated rings. The van der Waals surface area contributed by atoms with Crippen LogP contribution in [0, 0.1) is 17.0 Å². The molecule has 0 bridgehead atoms. The molecule has 1 aliphatic heterocycles. The zero-order valence-electron chi connectivity index (χ0n) is 8.80. The Labute approximate surface area is 99.1 Å². The van der Waals surface area contributed by atoms with E-state index in [1.54, 1.807) is 13.0 Å². The van der Waals surface area contributed by atoms with Crippen molar-refractivity contribution in [1.82, 2.24) is 0 Å². The topological polar surface area (TPSA) is 78.4 Å². The van der Waals surface area contributed by atoms with Crippen LogP contribution in [0.25, 0.3) is 0 Å². The molecule has 2 N–H and O–H groups in total. The Morgan fingerprint density at radius 2 is 2.25 bits per heavy atom. The van der Waals surface area contributed by atoms with Crippen molar-refractivity contribution in [1.29, 1.82) is 0 Å². The van der Waals surface area contributed by atoms with E-state index >= 15 is 0 Å². The molecular formula is C10H13ClN2O3. The number of hydrogen-bond donors (Lipinski definition) is 1. The maximum Gasteiger partial charge on any atom is 0.314 e. The van der Waals surface area contributed by atoms with Crippen molar-refractivity contribution in [3.8, 4) is 5.75 Å². The van der Waals surface area contributed by atoms with Crippen LogP contribution in [0.1, 0.15) is 23.6 Å². The van der Waals surface area contributed by atoms with E-state index in [-0.39, 0.29) is 24.1 Å². The molecule has 1 aromatic rings. The van der Waals surface area contributed by atoms with Crippen LogP contribution in [-0.2, 0) is 0 Å². The minimum absolute atomic E-state index is 0. The van der Waals surface area contributed by atoms with Gasteiger partial charge in [-0.2, -0.15) is 0 Å². The van der Waals surface area contributed by atoms with Crippen LogP contribution in [0.2, 0.25) is 0 Å². The van der Waals surface area contributed by atoms with Gasteiger partial charge in [-0.3, -0.25) is 10.1 Å². The van der Waals surface area contributed by atoms with Crippen LogP contribution in [-0.4, -0.2) is 11.5 Å². The molecule has 0 unspecified atom stereocenters. The van der Waals surface area contributed by atoms with Crippen LogP contribution < -0.4 is 10.5 Å². The number of nitro groups is 1. The molecule has 0 aromatic heterocycles. The molecule has 0 radical (unpaired) electrons. The third-order valence-corrected chi connectivity index (χ3v) is 2.62. The van der Waals surface area contributed by atoms with Gasteiger partial charge < -0.3 is 10.5 Å². The average molecular weight is 245 g/mol. The lowest BCUT2D eigenvalue weighted by atomic mass is 9.98. The Balaban J connectivity index is 0.00000128. The molecule has 0 amide bonds. The summed E-state index contributed by atoms with van der Waals surface area (Å²) in [6, 6.07) is 3.36. The van der Waals surface area contributed by atoms with E-state index in [1.807, 2.05) is 6.07 Å². The standard InChI is InChI=1S/C10H12N2O3.ClH/c1-6-2-3-7-8(11)4-5-15-10(7)9(6)12(13)14;/h2-3,8H,4-5,11H2,1H3;1H/t8-;/m1./s1. The largest absolute Gasteiger partial charge is 0.486 e. The number of nitrogens with two attached hydrogens (primary N) is 1. The fourth-order valence-electron chi connectivity index (χ4n) is 1.80. The smallest absolute Gasteiger partial charge is 0.314 e. The fourth-order valence-corrected chi connectivity index (χ4v) is 1.80. The monoisotopic (exact) mass is 244 g/mol. The number of hydrogen-bond acceptors (Lipinski definition) is 4. The second-order valence-corrected chi connectivity index (χ2v) is 3.65. The first kappa shape index (κ1) is 12.7.